The minimum absolute atomic E-state index is 0.0910. The van der Waals surface area contributed by atoms with Crippen molar-refractivity contribution in [1.29, 1.82) is 0 Å². The van der Waals surface area contributed by atoms with Gasteiger partial charge < -0.3 is 15.0 Å². The van der Waals surface area contributed by atoms with Crippen molar-refractivity contribution in [1.82, 2.24) is 19.9 Å². The lowest BCUT2D eigenvalue weighted by Gasteiger charge is -2.35. The van der Waals surface area contributed by atoms with Gasteiger partial charge in [-0.3, -0.25) is 9.78 Å². The third kappa shape index (κ3) is 4.30. The second-order valence-electron chi connectivity index (χ2n) is 6.04. The quantitative estimate of drug-likeness (QED) is 0.892. The van der Waals surface area contributed by atoms with Crippen LogP contribution in [0.3, 0.4) is 0 Å². The number of amides is 1. The highest BCUT2D eigenvalue weighted by molar-refractivity contribution is 5.77. The molecular formula is C18H23N5O2. The average Bonchev–Trinajstić information content (AvgIpc) is 2.66. The lowest BCUT2D eigenvalue weighted by molar-refractivity contribution is -0.140. The zero-order chi connectivity index (χ0) is 17.6. The van der Waals surface area contributed by atoms with E-state index >= 15 is 0 Å². The molecule has 0 spiro atoms. The molecule has 1 aliphatic rings. The standard InChI is InChI=1S/C18H23N5O2/c1-13-10-16(19-2)22-18(21-13)15-12-25-9-8-23(15)17(24)6-5-14-4-3-7-20-11-14/h3-4,7,10-11,15H,5-6,8-9,12H2,1-2H3,(H,19,21,22)/t15-/m0/s1. The van der Waals surface area contributed by atoms with Gasteiger partial charge in [-0.05, 0) is 25.0 Å². The van der Waals surface area contributed by atoms with Gasteiger partial charge in [0, 0.05) is 44.2 Å². The molecule has 7 heteroatoms. The smallest absolute Gasteiger partial charge is 0.223 e. The largest absolute Gasteiger partial charge is 0.377 e. The summed E-state index contributed by atoms with van der Waals surface area (Å²) in [6.45, 7) is 3.44. The molecule has 0 saturated carbocycles. The van der Waals surface area contributed by atoms with Gasteiger partial charge in [-0.15, -0.1) is 0 Å². The van der Waals surface area contributed by atoms with Crippen LogP contribution in [-0.4, -0.2) is 52.6 Å². The van der Waals surface area contributed by atoms with E-state index in [1.165, 1.54) is 0 Å². The minimum atomic E-state index is -0.248. The number of carbonyl (C=O) groups is 1. The SMILES string of the molecule is CNc1cc(C)nc([C@@H]2COCCN2C(=O)CCc2cccnc2)n1. The fraction of sp³-hybridized carbons (Fsp3) is 0.444. The summed E-state index contributed by atoms with van der Waals surface area (Å²) in [4.78, 5) is 27.8. The number of carbonyl (C=O) groups excluding carboxylic acids is 1. The Labute approximate surface area is 147 Å². The molecule has 0 unspecified atom stereocenters. The number of rotatable bonds is 5. The van der Waals surface area contributed by atoms with E-state index < -0.39 is 0 Å². The van der Waals surface area contributed by atoms with Crippen LogP contribution in [0.5, 0.6) is 0 Å². The number of anilines is 1. The highest BCUT2D eigenvalue weighted by atomic mass is 16.5. The molecule has 1 atom stereocenters. The van der Waals surface area contributed by atoms with Gasteiger partial charge in [-0.25, -0.2) is 9.97 Å². The van der Waals surface area contributed by atoms with E-state index in [-0.39, 0.29) is 11.9 Å². The highest BCUT2D eigenvalue weighted by Crippen LogP contribution is 2.24. The van der Waals surface area contributed by atoms with Gasteiger partial charge in [-0.1, -0.05) is 6.07 Å². The zero-order valence-electron chi connectivity index (χ0n) is 14.6. The molecule has 0 radical (unpaired) electrons. The average molecular weight is 341 g/mol. The van der Waals surface area contributed by atoms with Crippen LogP contribution in [0.4, 0.5) is 5.82 Å². The van der Waals surface area contributed by atoms with Crippen molar-refractivity contribution >= 4 is 11.7 Å². The third-order valence-electron chi connectivity index (χ3n) is 4.22. The van der Waals surface area contributed by atoms with Crippen molar-refractivity contribution in [2.45, 2.75) is 25.8 Å². The van der Waals surface area contributed by atoms with Gasteiger partial charge in [0.15, 0.2) is 5.82 Å². The van der Waals surface area contributed by atoms with E-state index in [1.54, 1.807) is 12.4 Å². The molecule has 3 rings (SSSR count). The first-order valence-corrected chi connectivity index (χ1v) is 8.47. The second kappa shape index (κ2) is 8.02. The monoisotopic (exact) mass is 341 g/mol. The van der Waals surface area contributed by atoms with Gasteiger partial charge in [0.25, 0.3) is 0 Å². The van der Waals surface area contributed by atoms with Crippen LogP contribution in [-0.2, 0) is 16.0 Å². The number of hydrogen-bond acceptors (Lipinski definition) is 6. The number of ether oxygens (including phenoxy) is 1. The fourth-order valence-electron chi connectivity index (χ4n) is 2.93. The van der Waals surface area contributed by atoms with Crippen molar-refractivity contribution in [2.24, 2.45) is 0 Å². The van der Waals surface area contributed by atoms with Crippen LogP contribution in [0.1, 0.15) is 29.5 Å². The summed E-state index contributed by atoms with van der Waals surface area (Å²) in [5, 5.41) is 3.04. The summed E-state index contributed by atoms with van der Waals surface area (Å²) in [5.74, 6) is 1.46. The van der Waals surface area contributed by atoms with E-state index in [2.05, 4.69) is 20.3 Å². The summed E-state index contributed by atoms with van der Waals surface area (Å²) in [7, 11) is 1.82. The maximum atomic E-state index is 12.8. The summed E-state index contributed by atoms with van der Waals surface area (Å²) in [6.07, 6.45) is 4.64. The summed E-state index contributed by atoms with van der Waals surface area (Å²) in [6, 6.07) is 5.50. The number of hydrogen-bond donors (Lipinski definition) is 1. The zero-order valence-corrected chi connectivity index (χ0v) is 14.6. The molecule has 25 heavy (non-hydrogen) atoms. The topological polar surface area (TPSA) is 80.2 Å². The number of aryl methyl sites for hydroxylation is 2. The van der Waals surface area contributed by atoms with E-state index in [1.807, 2.05) is 37.1 Å². The molecule has 0 aliphatic carbocycles. The van der Waals surface area contributed by atoms with Gasteiger partial charge in [0.2, 0.25) is 5.91 Å². The van der Waals surface area contributed by atoms with Crippen molar-refractivity contribution in [3.8, 4) is 0 Å². The van der Waals surface area contributed by atoms with E-state index in [0.29, 0.717) is 38.4 Å². The maximum Gasteiger partial charge on any atom is 0.223 e. The lowest BCUT2D eigenvalue weighted by atomic mass is 10.1. The number of morpholine rings is 1. The number of pyridine rings is 1. The maximum absolute atomic E-state index is 12.8. The normalized spacial score (nSPS) is 17.4. The van der Waals surface area contributed by atoms with Crippen LogP contribution in [0, 0.1) is 6.92 Å². The predicted molar refractivity (Wildman–Crippen MR) is 94.1 cm³/mol. The Hall–Kier alpha value is -2.54. The summed E-state index contributed by atoms with van der Waals surface area (Å²) < 4.78 is 5.59. The molecule has 1 fully saturated rings. The first kappa shape index (κ1) is 17.3. The van der Waals surface area contributed by atoms with Crippen LogP contribution < -0.4 is 5.32 Å². The molecule has 0 bridgehead atoms. The molecule has 1 saturated heterocycles. The number of nitrogens with zero attached hydrogens (tertiary/aromatic N) is 4. The van der Waals surface area contributed by atoms with Gasteiger partial charge in [-0.2, -0.15) is 0 Å². The lowest BCUT2D eigenvalue weighted by Crippen LogP contribution is -2.44. The summed E-state index contributed by atoms with van der Waals surface area (Å²) in [5.41, 5.74) is 1.92. The van der Waals surface area contributed by atoms with E-state index in [9.17, 15) is 4.79 Å². The van der Waals surface area contributed by atoms with Crippen molar-refractivity contribution < 1.29 is 9.53 Å². The molecule has 1 amide bonds. The second-order valence-corrected chi connectivity index (χ2v) is 6.04. The van der Waals surface area contributed by atoms with Gasteiger partial charge in [0.05, 0.1) is 13.2 Å². The molecule has 0 aromatic carbocycles. The van der Waals surface area contributed by atoms with Crippen LogP contribution >= 0.6 is 0 Å². The van der Waals surface area contributed by atoms with Crippen molar-refractivity contribution in [3.63, 3.8) is 0 Å². The van der Waals surface area contributed by atoms with Crippen LogP contribution in [0.15, 0.2) is 30.6 Å². The van der Waals surface area contributed by atoms with E-state index in [0.717, 1.165) is 17.1 Å². The Morgan fingerprint density at radius 2 is 2.32 bits per heavy atom. The van der Waals surface area contributed by atoms with Crippen molar-refractivity contribution in [3.05, 3.63) is 47.7 Å². The number of aromatic nitrogens is 3. The number of nitrogens with one attached hydrogen (secondary N) is 1. The first-order chi connectivity index (χ1) is 12.2. The molecule has 132 valence electrons. The predicted octanol–water partition coefficient (Wildman–Crippen LogP) is 1.75. The Morgan fingerprint density at radius 1 is 1.44 bits per heavy atom. The third-order valence-corrected chi connectivity index (χ3v) is 4.22. The minimum Gasteiger partial charge on any atom is -0.377 e. The Kier molecular flexibility index (Phi) is 5.55. The van der Waals surface area contributed by atoms with Crippen LogP contribution in [0.25, 0.3) is 0 Å². The Bertz CT molecular complexity index is 723. The van der Waals surface area contributed by atoms with Gasteiger partial charge in [0.1, 0.15) is 11.9 Å². The molecule has 2 aromatic heterocycles. The van der Waals surface area contributed by atoms with Crippen LogP contribution in [0.2, 0.25) is 0 Å². The Balaban J connectivity index is 1.74. The van der Waals surface area contributed by atoms with Gasteiger partial charge >= 0.3 is 0 Å². The molecule has 3 heterocycles. The van der Waals surface area contributed by atoms with Crippen molar-refractivity contribution in [2.75, 3.05) is 32.1 Å². The molecule has 7 nitrogen and oxygen atoms in total. The molecular weight excluding hydrogens is 318 g/mol. The van der Waals surface area contributed by atoms with E-state index in [4.69, 9.17) is 4.74 Å². The summed E-state index contributed by atoms with van der Waals surface area (Å²) >= 11 is 0. The fourth-order valence-corrected chi connectivity index (χ4v) is 2.93. The highest BCUT2D eigenvalue weighted by Gasteiger charge is 2.30. The molecule has 1 aliphatic heterocycles. The molecule has 1 N–H and O–H groups in total. The molecule has 2 aromatic rings. The first-order valence-electron chi connectivity index (χ1n) is 8.47. The Morgan fingerprint density at radius 3 is 3.08 bits per heavy atom.